The maximum atomic E-state index is 12.7. The van der Waals surface area contributed by atoms with Gasteiger partial charge in [-0.05, 0) is 65.2 Å². The topological polar surface area (TPSA) is 101 Å². The molecule has 1 aliphatic rings. The molecule has 0 spiro atoms. The molecule has 1 fully saturated rings. The summed E-state index contributed by atoms with van der Waals surface area (Å²) in [6.45, 7) is 9.01. The Balaban J connectivity index is 2.26. The highest BCUT2D eigenvalue weighted by atomic mass is 32.2. The maximum absolute atomic E-state index is 12.7. The van der Waals surface area contributed by atoms with Crippen LogP contribution in [0.1, 0.15) is 58.9 Å². The maximum Gasteiger partial charge on any atom is 0.241 e. The smallest absolute Gasteiger partial charge is 0.241 e. The van der Waals surface area contributed by atoms with Gasteiger partial charge in [-0.15, -0.1) is 0 Å². The Bertz CT molecular complexity index is 780. The zero-order chi connectivity index (χ0) is 19.8. The van der Waals surface area contributed by atoms with Gasteiger partial charge in [-0.3, -0.25) is 4.79 Å². The Labute approximate surface area is 157 Å². The van der Waals surface area contributed by atoms with Crippen LogP contribution in [-0.2, 0) is 14.8 Å². The minimum absolute atomic E-state index is 0.148. The summed E-state index contributed by atoms with van der Waals surface area (Å²) in [5.41, 5.74) is 6.28. The van der Waals surface area contributed by atoms with Gasteiger partial charge in [0.05, 0.1) is 10.8 Å². The molecule has 4 N–H and O–H groups in total. The first kappa shape index (κ1) is 20.9. The van der Waals surface area contributed by atoms with Crippen molar-refractivity contribution in [3.05, 3.63) is 23.8 Å². The van der Waals surface area contributed by atoms with Gasteiger partial charge >= 0.3 is 0 Å². The first-order chi connectivity index (χ1) is 11.8. The van der Waals surface area contributed by atoms with E-state index in [1.54, 1.807) is 39.8 Å². The van der Waals surface area contributed by atoms with Crippen LogP contribution in [0.5, 0.6) is 0 Å². The van der Waals surface area contributed by atoms with Crippen molar-refractivity contribution in [2.75, 3.05) is 5.32 Å². The van der Waals surface area contributed by atoms with E-state index in [0.29, 0.717) is 11.3 Å². The van der Waals surface area contributed by atoms with E-state index in [9.17, 15) is 13.2 Å². The van der Waals surface area contributed by atoms with Gasteiger partial charge in [0.1, 0.15) is 0 Å². The van der Waals surface area contributed by atoms with Crippen LogP contribution in [-0.4, -0.2) is 25.4 Å². The molecule has 6 nitrogen and oxygen atoms in total. The number of nitrogens with two attached hydrogens (primary N) is 1. The fourth-order valence-corrected chi connectivity index (χ4v) is 5.13. The molecular weight excluding hydrogens is 350 g/mol. The number of anilines is 1. The molecule has 0 heterocycles. The second-order valence-electron chi connectivity index (χ2n) is 8.63. The van der Waals surface area contributed by atoms with Crippen LogP contribution in [0.25, 0.3) is 0 Å². The molecule has 7 heteroatoms. The number of carbonyl (C=O) groups is 1. The molecule has 2 atom stereocenters. The average Bonchev–Trinajstić information content (AvgIpc) is 2.46. The fraction of sp³-hybridized carbons (Fsp3) is 0.632. The number of rotatable bonds is 4. The molecule has 1 saturated carbocycles. The number of amides is 1. The van der Waals surface area contributed by atoms with Crippen LogP contribution < -0.4 is 15.8 Å². The molecule has 1 aromatic carbocycles. The first-order valence-electron chi connectivity index (χ1n) is 9.06. The van der Waals surface area contributed by atoms with Crippen molar-refractivity contribution in [3.63, 3.8) is 0 Å². The number of hydrogen-bond acceptors (Lipinski definition) is 4. The summed E-state index contributed by atoms with van der Waals surface area (Å²) in [6, 6.07) is 4.94. The third-order valence-corrected chi connectivity index (χ3v) is 6.66. The van der Waals surface area contributed by atoms with E-state index in [0.717, 1.165) is 25.7 Å². The number of carbonyl (C=O) groups excluding carboxylic acids is 1. The standard InChI is InChI=1S/C19H31N3O3S/c1-13-9-10-14(12-16(13)26(24,25)22-18(2,3)4)21-17(23)15-8-6-7-11-19(15,5)20/h9-10,12,15,22H,6-8,11,20H2,1-5H3,(H,21,23). The van der Waals surface area contributed by atoms with E-state index >= 15 is 0 Å². The fourth-order valence-electron chi connectivity index (χ4n) is 3.44. The third kappa shape index (κ3) is 5.05. The molecule has 1 aliphatic carbocycles. The molecule has 0 bridgehead atoms. The van der Waals surface area contributed by atoms with Crippen LogP contribution in [0.2, 0.25) is 0 Å². The Morgan fingerprint density at radius 3 is 2.50 bits per heavy atom. The third-order valence-electron chi connectivity index (χ3n) is 4.76. The van der Waals surface area contributed by atoms with Crippen LogP contribution in [0.4, 0.5) is 5.69 Å². The Hall–Kier alpha value is -1.44. The summed E-state index contributed by atoms with van der Waals surface area (Å²) in [5, 5.41) is 2.86. The second-order valence-corrected chi connectivity index (χ2v) is 10.3. The quantitative estimate of drug-likeness (QED) is 0.746. The molecule has 26 heavy (non-hydrogen) atoms. The lowest BCUT2D eigenvalue weighted by Gasteiger charge is -2.37. The summed E-state index contributed by atoms with van der Waals surface area (Å²) < 4.78 is 28.0. The van der Waals surface area contributed by atoms with Crippen molar-refractivity contribution in [2.45, 2.75) is 76.3 Å². The van der Waals surface area contributed by atoms with E-state index in [1.807, 2.05) is 6.92 Å². The first-order valence-corrected chi connectivity index (χ1v) is 10.5. The van der Waals surface area contributed by atoms with E-state index < -0.39 is 21.1 Å². The highest BCUT2D eigenvalue weighted by Gasteiger charge is 2.37. The lowest BCUT2D eigenvalue weighted by Crippen LogP contribution is -2.51. The van der Waals surface area contributed by atoms with Gasteiger partial charge < -0.3 is 11.1 Å². The van der Waals surface area contributed by atoms with E-state index in [2.05, 4.69) is 10.0 Å². The summed E-state index contributed by atoms with van der Waals surface area (Å²) in [5.74, 6) is -0.420. The Morgan fingerprint density at radius 2 is 1.92 bits per heavy atom. The van der Waals surface area contributed by atoms with Gasteiger partial charge in [0, 0.05) is 16.8 Å². The van der Waals surface area contributed by atoms with Gasteiger partial charge in [-0.2, -0.15) is 0 Å². The molecule has 2 unspecified atom stereocenters. The highest BCUT2D eigenvalue weighted by molar-refractivity contribution is 7.89. The SMILES string of the molecule is Cc1ccc(NC(=O)C2CCCCC2(C)N)cc1S(=O)(=O)NC(C)(C)C. The lowest BCUT2D eigenvalue weighted by atomic mass is 9.74. The van der Waals surface area contributed by atoms with Crippen molar-refractivity contribution >= 4 is 21.6 Å². The molecule has 0 aliphatic heterocycles. The minimum atomic E-state index is -3.68. The molecule has 1 aromatic rings. The molecule has 0 radical (unpaired) electrons. The van der Waals surface area contributed by atoms with Crippen LogP contribution in [0.3, 0.4) is 0 Å². The number of sulfonamides is 1. The average molecular weight is 382 g/mol. The number of aryl methyl sites for hydroxylation is 1. The predicted molar refractivity (Wildman–Crippen MR) is 104 cm³/mol. The Kier molecular flexibility index (Phi) is 5.85. The van der Waals surface area contributed by atoms with Crippen molar-refractivity contribution in [1.29, 1.82) is 0 Å². The van der Waals surface area contributed by atoms with Gasteiger partial charge in [-0.25, -0.2) is 13.1 Å². The van der Waals surface area contributed by atoms with Gasteiger partial charge in [0.15, 0.2) is 0 Å². The van der Waals surface area contributed by atoms with Crippen molar-refractivity contribution < 1.29 is 13.2 Å². The van der Waals surface area contributed by atoms with Crippen molar-refractivity contribution in [1.82, 2.24) is 4.72 Å². The summed E-state index contributed by atoms with van der Waals surface area (Å²) in [7, 11) is -3.68. The van der Waals surface area contributed by atoms with Crippen LogP contribution in [0, 0.1) is 12.8 Å². The minimum Gasteiger partial charge on any atom is -0.326 e. The van der Waals surface area contributed by atoms with Gasteiger partial charge in [0.25, 0.3) is 0 Å². The normalized spacial score (nSPS) is 24.3. The van der Waals surface area contributed by atoms with E-state index in [-0.39, 0.29) is 16.7 Å². The molecule has 0 aromatic heterocycles. The molecule has 2 rings (SSSR count). The largest absolute Gasteiger partial charge is 0.326 e. The second kappa shape index (κ2) is 7.29. The van der Waals surface area contributed by atoms with Crippen molar-refractivity contribution in [3.8, 4) is 0 Å². The zero-order valence-electron chi connectivity index (χ0n) is 16.3. The summed E-state index contributed by atoms with van der Waals surface area (Å²) in [4.78, 5) is 12.9. The van der Waals surface area contributed by atoms with Crippen LogP contribution in [0.15, 0.2) is 23.1 Å². The van der Waals surface area contributed by atoms with Gasteiger partial charge in [0.2, 0.25) is 15.9 Å². The van der Waals surface area contributed by atoms with E-state index in [1.165, 1.54) is 6.07 Å². The summed E-state index contributed by atoms with van der Waals surface area (Å²) >= 11 is 0. The highest BCUT2D eigenvalue weighted by Crippen LogP contribution is 2.32. The molecule has 1 amide bonds. The molecule has 0 saturated heterocycles. The van der Waals surface area contributed by atoms with Crippen molar-refractivity contribution in [2.24, 2.45) is 11.7 Å². The Morgan fingerprint density at radius 1 is 1.27 bits per heavy atom. The van der Waals surface area contributed by atoms with Gasteiger partial charge in [-0.1, -0.05) is 18.9 Å². The number of benzene rings is 1. The monoisotopic (exact) mass is 381 g/mol. The number of hydrogen-bond donors (Lipinski definition) is 3. The number of nitrogens with one attached hydrogen (secondary N) is 2. The predicted octanol–water partition coefficient (Wildman–Crippen LogP) is 2.92. The zero-order valence-corrected chi connectivity index (χ0v) is 17.2. The van der Waals surface area contributed by atoms with E-state index in [4.69, 9.17) is 5.73 Å². The van der Waals surface area contributed by atoms with Crippen LogP contribution >= 0.6 is 0 Å². The summed E-state index contributed by atoms with van der Waals surface area (Å²) in [6.07, 6.45) is 3.58. The molecule has 146 valence electrons. The lowest BCUT2D eigenvalue weighted by molar-refractivity contribution is -0.122. The molecular formula is C19H31N3O3S.